The van der Waals surface area contributed by atoms with E-state index in [0.29, 0.717) is 16.9 Å². The first-order valence-corrected chi connectivity index (χ1v) is 15.0. The lowest BCUT2D eigenvalue weighted by Crippen LogP contribution is -2.51. The van der Waals surface area contributed by atoms with Crippen LogP contribution >= 0.6 is 11.3 Å². The summed E-state index contributed by atoms with van der Waals surface area (Å²) in [6, 6.07) is 23.3. The van der Waals surface area contributed by atoms with Crippen molar-refractivity contribution in [2.45, 2.75) is 45.4 Å². The van der Waals surface area contributed by atoms with Crippen LogP contribution in [0.25, 0.3) is 15.3 Å². The van der Waals surface area contributed by atoms with E-state index >= 15 is 0 Å². The van der Waals surface area contributed by atoms with Crippen LogP contribution in [-0.2, 0) is 16.8 Å². The fraction of sp³-hybridized carbons (Fsp3) is 0.257. The summed E-state index contributed by atoms with van der Waals surface area (Å²) in [7, 11) is 3.19. The Morgan fingerprint density at radius 3 is 2.44 bits per heavy atom. The van der Waals surface area contributed by atoms with Gasteiger partial charge in [-0.2, -0.15) is 0 Å². The molecule has 1 aliphatic rings. The number of ether oxygens (including phenoxy) is 2. The average molecular weight is 625 g/mol. The Hall–Kier alpha value is -5.01. The van der Waals surface area contributed by atoms with Crippen LogP contribution in [0.15, 0.2) is 83.9 Å². The van der Waals surface area contributed by atoms with Crippen LogP contribution in [0.5, 0.6) is 5.75 Å². The minimum Gasteiger partial charge on any atom is -0.497 e. The monoisotopic (exact) mass is 624 g/mol. The number of nitrogens with zero attached hydrogens (tertiary/aromatic N) is 4. The number of hydrogen-bond acceptors (Lipinski definition) is 5. The molecule has 0 N–H and O–H groups in total. The summed E-state index contributed by atoms with van der Waals surface area (Å²) in [5.74, 6) is -0.0896. The van der Waals surface area contributed by atoms with Crippen molar-refractivity contribution in [3.63, 3.8) is 0 Å². The van der Waals surface area contributed by atoms with Crippen molar-refractivity contribution in [3.05, 3.63) is 118 Å². The molecule has 1 aromatic heterocycles. The van der Waals surface area contributed by atoms with Crippen LogP contribution < -0.4 is 4.74 Å². The SMILES string of the molecule is [C-]#[N+]c1cc(-c2ccc(C3(C)c4ccccc4C(=O)N(C)C(=NC(=O)OC(C)(C)C)N3Cc3ccc(OC)cc3)s2)ccc1F. The summed E-state index contributed by atoms with van der Waals surface area (Å²) in [5.41, 5.74) is 0.876. The summed E-state index contributed by atoms with van der Waals surface area (Å²) in [5, 5.41) is 0. The molecule has 0 radical (unpaired) electrons. The number of carbonyl (C=O) groups is 2. The van der Waals surface area contributed by atoms with E-state index in [2.05, 4.69) is 9.84 Å². The van der Waals surface area contributed by atoms with Gasteiger partial charge in [-0.3, -0.25) is 9.69 Å². The van der Waals surface area contributed by atoms with Crippen LogP contribution in [0.3, 0.4) is 0 Å². The molecule has 45 heavy (non-hydrogen) atoms. The molecule has 10 heteroatoms. The van der Waals surface area contributed by atoms with Crippen molar-refractivity contribution in [1.82, 2.24) is 9.80 Å². The molecule has 0 bridgehead atoms. The third kappa shape index (κ3) is 6.17. The van der Waals surface area contributed by atoms with Crippen LogP contribution in [0, 0.1) is 12.4 Å². The second-order valence-corrected chi connectivity index (χ2v) is 12.8. The number of carbonyl (C=O) groups excluding carboxylic acids is 2. The second-order valence-electron chi connectivity index (χ2n) is 11.8. The van der Waals surface area contributed by atoms with Crippen LogP contribution in [0.4, 0.5) is 14.9 Å². The highest BCUT2D eigenvalue weighted by molar-refractivity contribution is 7.15. The number of amides is 2. The zero-order valence-corrected chi connectivity index (χ0v) is 26.7. The van der Waals surface area contributed by atoms with Gasteiger partial charge in [0, 0.05) is 28.9 Å². The fourth-order valence-electron chi connectivity index (χ4n) is 5.31. The first kappa shape index (κ1) is 31.4. The van der Waals surface area contributed by atoms with E-state index in [-0.39, 0.29) is 24.1 Å². The fourth-order valence-corrected chi connectivity index (χ4v) is 6.48. The first-order valence-electron chi connectivity index (χ1n) is 14.2. The number of aliphatic imine (C=N–C) groups is 1. The van der Waals surface area contributed by atoms with E-state index in [1.807, 2.05) is 60.4 Å². The molecule has 3 aromatic carbocycles. The number of fused-ring (bicyclic) bond motifs is 1. The van der Waals surface area contributed by atoms with Crippen molar-refractivity contribution < 1.29 is 23.5 Å². The van der Waals surface area contributed by atoms with Crippen LogP contribution in [0.2, 0.25) is 0 Å². The van der Waals surface area contributed by atoms with Gasteiger partial charge in [0.1, 0.15) is 22.7 Å². The number of benzene rings is 3. The quantitative estimate of drug-likeness (QED) is 0.209. The molecular weight excluding hydrogens is 591 g/mol. The molecule has 0 aliphatic carbocycles. The smallest absolute Gasteiger partial charge is 0.437 e. The maximum absolute atomic E-state index is 14.2. The zero-order valence-electron chi connectivity index (χ0n) is 25.9. The molecule has 5 rings (SSSR count). The maximum Gasteiger partial charge on any atom is 0.437 e. The van der Waals surface area contributed by atoms with Gasteiger partial charge in [0.25, 0.3) is 5.91 Å². The van der Waals surface area contributed by atoms with Gasteiger partial charge in [-0.05, 0) is 86.8 Å². The molecule has 2 amide bonds. The number of hydrogen-bond donors (Lipinski definition) is 0. The highest BCUT2D eigenvalue weighted by atomic mass is 32.1. The lowest BCUT2D eigenvalue weighted by atomic mass is 9.85. The Morgan fingerprint density at radius 2 is 1.78 bits per heavy atom. The molecule has 0 saturated heterocycles. The molecule has 0 saturated carbocycles. The zero-order chi connectivity index (χ0) is 32.5. The minimum absolute atomic E-state index is 0.0615. The molecule has 0 spiro atoms. The predicted octanol–water partition coefficient (Wildman–Crippen LogP) is 8.26. The second kappa shape index (κ2) is 12.2. The third-order valence-corrected chi connectivity index (χ3v) is 8.93. The highest BCUT2D eigenvalue weighted by Gasteiger charge is 2.46. The van der Waals surface area contributed by atoms with E-state index in [9.17, 15) is 14.0 Å². The van der Waals surface area contributed by atoms with E-state index in [4.69, 9.17) is 16.0 Å². The van der Waals surface area contributed by atoms with E-state index in [1.165, 1.54) is 28.4 Å². The van der Waals surface area contributed by atoms with E-state index in [0.717, 1.165) is 20.9 Å². The Bertz CT molecular complexity index is 1840. The Labute approximate surface area is 266 Å². The molecule has 230 valence electrons. The minimum atomic E-state index is -1.02. The summed E-state index contributed by atoms with van der Waals surface area (Å²) in [6.45, 7) is 14.9. The highest BCUT2D eigenvalue weighted by Crippen LogP contribution is 2.46. The molecule has 1 unspecified atom stereocenters. The van der Waals surface area contributed by atoms with Crippen molar-refractivity contribution in [2.24, 2.45) is 4.99 Å². The van der Waals surface area contributed by atoms with Gasteiger partial charge < -0.3 is 14.4 Å². The molecule has 0 fully saturated rings. The molecule has 2 heterocycles. The van der Waals surface area contributed by atoms with Gasteiger partial charge in [0.15, 0.2) is 0 Å². The summed E-state index contributed by atoms with van der Waals surface area (Å²) < 4.78 is 25.1. The van der Waals surface area contributed by atoms with Crippen LogP contribution in [0.1, 0.15) is 54.1 Å². The number of thiophene rings is 1. The lowest BCUT2D eigenvalue weighted by Gasteiger charge is -2.42. The number of rotatable bonds is 5. The van der Waals surface area contributed by atoms with Crippen molar-refractivity contribution in [3.8, 4) is 16.2 Å². The van der Waals surface area contributed by atoms with Gasteiger partial charge in [-0.25, -0.2) is 14.0 Å². The van der Waals surface area contributed by atoms with Gasteiger partial charge >= 0.3 is 6.09 Å². The Kier molecular flexibility index (Phi) is 8.50. The molecular formula is C35H33FN4O4S. The van der Waals surface area contributed by atoms with Crippen LogP contribution in [-0.4, -0.2) is 47.5 Å². The Morgan fingerprint density at radius 1 is 1.07 bits per heavy atom. The summed E-state index contributed by atoms with van der Waals surface area (Å²) in [6.07, 6.45) is -0.824. The van der Waals surface area contributed by atoms with Gasteiger partial charge in [-0.1, -0.05) is 36.4 Å². The molecule has 1 atom stereocenters. The van der Waals surface area contributed by atoms with Crippen molar-refractivity contribution in [1.29, 1.82) is 0 Å². The third-order valence-electron chi connectivity index (χ3n) is 7.59. The van der Waals surface area contributed by atoms with Gasteiger partial charge in [0.2, 0.25) is 11.6 Å². The average Bonchev–Trinajstić information content (AvgIpc) is 3.50. The molecule has 8 nitrogen and oxygen atoms in total. The molecule has 4 aromatic rings. The number of halogens is 1. The lowest BCUT2D eigenvalue weighted by molar-refractivity contribution is 0.0595. The van der Waals surface area contributed by atoms with Gasteiger partial charge in [-0.15, -0.1) is 16.3 Å². The van der Waals surface area contributed by atoms with Crippen molar-refractivity contribution in [2.75, 3.05) is 14.2 Å². The summed E-state index contributed by atoms with van der Waals surface area (Å²) >= 11 is 1.46. The maximum atomic E-state index is 14.2. The molecule has 1 aliphatic heterocycles. The predicted molar refractivity (Wildman–Crippen MR) is 173 cm³/mol. The van der Waals surface area contributed by atoms with E-state index in [1.54, 1.807) is 53.1 Å². The largest absolute Gasteiger partial charge is 0.497 e. The summed E-state index contributed by atoms with van der Waals surface area (Å²) in [4.78, 5) is 40.0. The topological polar surface area (TPSA) is 75.8 Å². The first-order chi connectivity index (χ1) is 21.3. The normalized spacial score (nSPS) is 17.5. The Balaban J connectivity index is 1.75. The van der Waals surface area contributed by atoms with Crippen molar-refractivity contribution >= 4 is 35.0 Å². The standard InChI is InChI=1S/C35H33FN4O4S/c1-34(2,3)44-33(42)38-32-39(6)31(41)25-10-8-9-11-26(25)35(4,40(32)21-22-12-15-24(43-7)16-13-22)30-19-18-29(45-30)23-14-17-27(36)28(20-23)37-5/h8-20H,21H2,1-4,6-7H3. The number of methoxy groups -OCH3 is 1. The van der Waals surface area contributed by atoms with E-state index < -0.39 is 23.1 Å². The van der Waals surface area contributed by atoms with Gasteiger partial charge in [0.05, 0.1) is 13.7 Å². The number of guanidine groups is 1.